The Morgan fingerprint density at radius 2 is 0.643 bits per heavy atom. The van der Waals surface area contributed by atoms with Crippen molar-refractivity contribution in [2.24, 2.45) is 0 Å². The number of hydrogen-bond donors (Lipinski definition) is 0. The van der Waals surface area contributed by atoms with E-state index in [1.54, 1.807) is 0 Å². The number of allylic oxidation sites excluding steroid dienone is 14. The quantitative estimate of drug-likeness (QED) is 0.0345. The lowest BCUT2D eigenvalue weighted by atomic mass is 10.1. The van der Waals surface area contributed by atoms with Gasteiger partial charge in [-0.2, -0.15) is 0 Å². The molecule has 5 heteroatoms. The van der Waals surface area contributed by atoms with Crippen molar-refractivity contribution in [1.29, 1.82) is 0 Å². The van der Waals surface area contributed by atoms with E-state index in [1.807, 2.05) is 0 Å². The van der Waals surface area contributed by atoms with Gasteiger partial charge in [-0.15, -0.1) is 0 Å². The van der Waals surface area contributed by atoms with Crippen LogP contribution < -0.4 is 0 Å². The predicted octanol–water partition coefficient (Wildman–Crippen LogP) is 20.8. The lowest BCUT2D eigenvalue weighted by Crippen LogP contribution is -2.30. The third-order valence-corrected chi connectivity index (χ3v) is 12.9. The molecule has 1 unspecified atom stereocenters. The van der Waals surface area contributed by atoms with Gasteiger partial charge in [0.05, 0.1) is 6.61 Å². The maximum Gasteiger partial charge on any atom is 0.306 e. The van der Waals surface area contributed by atoms with Gasteiger partial charge in [-0.1, -0.05) is 247 Å². The minimum atomic E-state index is -0.558. The molecule has 0 aliphatic rings. The third-order valence-electron chi connectivity index (χ3n) is 12.9. The maximum absolute atomic E-state index is 12.9. The van der Waals surface area contributed by atoms with E-state index in [0.717, 1.165) is 89.9 Å². The number of esters is 2. The molecule has 5 nitrogen and oxygen atoms in total. The van der Waals surface area contributed by atoms with Gasteiger partial charge in [-0.25, -0.2) is 0 Å². The minimum absolute atomic E-state index is 0.0698. The van der Waals surface area contributed by atoms with Gasteiger partial charge >= 0.3 is 11.9 Å². The summed E-state index contributed by atoms with van der Waals surface area (Å²) in [4.78, 5) is 25.6. The molecule has 0 aromatic rings. The van der Waals surface area contributed by atoms with Gasteiger partial charge in [-0.05, 0) is 116 Å². The summed E-state index contributed by atoms with van der Waals surface area (Å²) in [5.41, 5.74) is 0. The fourth-order valence-electron chi connectivity index (χ4n) is 8.41. The van der Waals surface area contributed by atoms with Gasteiger partial charge < -0.3 is 14.2 Å². The zero-order valence-corrected chi connectivity index (χ0v) is 46.5. The number of unbranched alkanes of at least 4 members (excludes halogenated alkanes) is 30. The molecular formula is C65H114O5. The number of ether oxygens (including phenoxy) is 3. The number of carbonyl (C=O) groups excluding carboxylic acids is 2. The van der Waals surface area contributed by atoms with E-state index in [4.69, 9.17) is 14.2 Å². The molecule has 0 aliphatic carbocycles. The van der Waals surface area contributed by atoms with E-state index in [0.29, 0.717) is 19.4 Å². The first-order valence-electron chi connectivity index (χ1n) is 30.1. The smallest absolute Gasteiger partial charge is 0.306 e. The molecule has 70 heavy (non-hydrogen) atoms. The molecule has 0 saturated heterocycles. The van der Waals surface area contributed by atoms with Gasteiger partial charge in [0.2, 0.25) is 0 Å². The highest BCUT2D eigenvalue weighted by molar-refractivity contribution is 5.70. The molecule has 0 aromatic heterocycles. The molecule has 0 amide bonds. The largest absolute Gasteiger partial charge is 0.462 e. The van der Waals surface area contributed by atoms with Crippen molar-refractivity contribution < 1.29 is 23.8 Å². The molecule has 0 bridgehead atoms. The summed E-state index contributed by atoms with van der Waals surface area (Å²) < 4.78 is 17.5. The van der Waals surface area contributed by atoms with Gasteiger partial charge in [0.15, 0.2) is 6.10 Å². The number of hydrogen-bond acceptors (Lipinski definition) is 5. The number of rotatable bonds is 55. The third kappa shape index (κ3) is 57.7. The van der Waals surface area contributed by atoms with Crippen LogP contribution >= 0.6 is 0 Å². The summed E-state index contributed by atoms with van der Waals surface area (Å²) in [7, 11) is 0. The first-order valence-corrected chi connectivity index (χ1v) is 30.1. The topological polar surface area (TPSA) is 61.8 Å². The summed E-state index contributed by atoms with van der Waals surface area (Å²) in [6.45, 7) is 7.68. The van der Waals surface area contributed by atoms with Crippen LogP contribution in [0.5, 0.6) is 0 Å². The summed E-state index contributed by atoms with van der Waals surface area (Å²) in [6.07, 6.45) is 80.4. The van der Waals surface area contributed by atoms with E-state index in [1.165, 1.54) is 167 Å². The van der Waals surface area contributed by atoms with E-state index < -0.39 is 6.10 Å². The average molecular weight is 976 g/mol. The van der Waals surface area contributed by atoms with Gasteiger partial charge in [0.25, 0.3) is 0 Å². The van der Waals surface area contributed by atoms with Crippen LogP contribution in [-0.4, -0.2) is 37.9 Å². The molecule has 0 fully saturated rings. The average Bonchev–Trinajstić information content (AvgIpc) is 3.36. The Morgan fingerprint density at radius 1 is 0.329 bits per heavy atom. The predicted molar refractivity (Wildman–Crippen MR) is 307 cm³/mol. The Bertz CT molecular complexity index is 1290. The fraction of sp³-hybridized carbons (Fsp3) is 0.754. The molecule has 0 aliphatic heterocycles. The molecular weight excluding hydrogens is 861 g/mol. The molecule has 404 valence electrons. The van der Waals surface area contributed by atoms with E-state index in [9.17, 15) is 9.59 Å². The Hall–Kier alpha value is -2.92. The van der Waals surface area contributed by atoms with E-state index >= 15 is 0 Å². The van der Waals surface area contributed by atoms with Crippen LogP contribution in [0.2, 0.25) is 0 Å². The van der Waals surface area contributed by atoms with E-state index in [2.05, 4.69) is 106 Å². The van der Waals surface area contributed by atoms with E-state index in [-0.39, 0.29) is 25.2 Å². The van der Waals surface area contributed by atoms with Gasteiger partial charge in [-0.3, -0.25) is 9.59 Å². The normalized spacial score (nSPS) is 12.8. The number of carbonyl (C=O) groups is 2. The molecule has 1 atom stereocenters. The van der Waals surface area contributed by atoms with Crippen molar-refractivity contribution in [2.75, 3.05) is 19.8 Å². The Morgan fingerprint density at radius 3 is 1.07 bits per heavy atom. The van der Waals surface area contributed by atoms with Crippen LogP contribution in [-0.2, 0) is 23.8 Å². The van der Waals surface area contributed by atoms with Gasteiger partial charge in [0.1, 0.15) is 6.61 Å². The summed E-state index contributed by atoms with van der Waals surface area (Å²) >= 11 is 0. The van der Waals surface area contributed by atoms with Crippen molar-refractivity contribution in [3.63, 3.8) is 0 Å². The first-order chi connectivity index (χ1) is 34.6. The van der Waals surface area contributed by atoms with Crippen LogP contribution in [0.1, 0.15) is 290 Å². The van der Waals surface area contributed by atoms with Crippen molar-refractivity contribution >= 4 is 11.9 Å². The van der Waals surface area contributed by atoms with Gasteiger partial charge in [0, 0.05) is 19.4 Å². The monoisotopic (exact) mass is 975 g/mol. The molecule has 0 radical (unpaired) electrons. The SMILES string of the molecule is CC/C=C\C/C=C\C/C=C\C/C=C\CCCCCCC(=O)OC(COCCCCCCCCCC/C=C\C/C=C\CCCCC)COC(=O)CCCCCCCCCCC/C=C\CCCCCCCC. The van der Waals surface area contributed by atoms with Crippen LogP contribution in [0.15, 0.2) is 85.1 Å². The zero-order valence-electron chi connectivity index (χ0n) is 46.5. The highest BCUT2D eigenvalue weighted by Crippen LogP contribution is 2.15. The van der Waals surface area contributed by atoms with Crippen molar-refractivity contribution in [2.45, 2.75) is 297 Å². The van der Waals surface area contributed by atoms with Crippen LogP contribution in [0.3, 0.4) is 0 Å². The van der Waals surface area contributed by atoms with Crippen LogP contribution in [0.25, 0.3) is 0 Å². The molecule has 0 spiro atoms. The molecule has 0 rings (SSSR count). The Labute approximate surface area is 435 Å². The second-order valence-electron chi connectivity index (χ2n) is 19.9. The Balaban J connectivity index is 4.32. The molecule has 0 N–H and O–H groups in total. The standard InChI is InChI=1S/C65H114O5/c1-4-7-10-13-16-19-22-25-28-31-33-35-37-40-43-46-49-52-55-58-64(66)69-62-63(61-68-60-57-54-51-48-45-42-39-36-32-29-26-23-20-17-14-11-8-5-2)70-65(67)59-56-53-50-47-44-41-38-34-30-27-24-21-18-15-12-9-6-3/h9,12,17-18,20-21,25-30,38,41,63H,4-8,10-11,13-16,19,22-24,31-37,39-40,42-62H2,1-3H3/b12-9-,20-17-,21-18-,28-25-,29-26-,30-27-,41-38-. The van der Waals surface area contributed by atoms with Crippen molar-refractivity contribution in [3.8, 4) is 0 Å². The summed E-state index contributed by atoms with van der Waals surface area (Å²) in [6, 6.07) is 0. The highest BCUT2D eigenvalue weighted by atomic mass is 16.6. The zero-order chi connectivity index (χ0) is 50.6. The lowest BCUT2D eigenvalue weighted by Gasteiger charge is -2.18. The fourth-order valence-corrected chi connectivity index (χ4v) is 8.41. The van der Waals surface area contributed by atoms with Crippen LogP contribution in [0, 0.1) is 0 Å². The second kappa shape index (κ2) is 60.4. The molecule has 0 heterocycles. The molecule has 0 aromatic carbocycles. The van der Waals surface area contributed by atoms with Crippen LogP contribution in [0.4, 0.5) is 0 Å². The van der Waals surface area contributed by atoms with Crippen molar-refractivity contribution in [3.05, 3.63) is 85.1 Å². The lowest BCUT2D eigenvalue weighted by molar-refractivity contribution is -0.163. The Kier molecular flexibility index (Phi) is 57.9. The highest BCUT2D eigenvalue weighted by Gasteiger charge is 2.17. The van der Waals surface area contributed by atoms with Crippen molar-refractivity contribution in [1.82, 2.24) is 0 Å². The summed E-state index contributed by atoms with van der Waals surface area (Å²) in [5.74, 6) is -0.423. The first kappa shape index (κ1) is 67.1. The summed E-state index contributed by atoms with van der Waals surface area (Å²) in [5, 5.41) is 0. The second-order valence-corrected chi connectivity index (χ2v) is 19.9. The maximum atomic E-state index is 12.9. The molecule has 0 saturated carbocycles. The minimum Gasteiger partial charge on any atom is -0.462 e.